The van der Waals surface area contributed by atoms with Crippen LogP contribution < -0.4 is 0 Å². The van der Waals surface area contributed by atoms with Crippen LogP contribution in [-0.4, -0.2) is 20.1 Å². The summed E-state index contributed by atoms with van der Waals surface area (Å²) < 4.78 is 98.7. The van der Waals surface area contributed by atoms with Gasteiger partial charge in [-0.15, -0.1) is 0 Å². The van der Waals surface area contributed by atoms with Gasteiger partial charge in [-0.3, -0.25) is 0 Å². The van der Waals surface area contributed by atoms with E-state index in [1.807, 2.05) is 0 Å². The van der Waals surface area contributed by atoms with Crippen molar-refractivity contribution in [3.8, 4) is 0 Å². The van der Waals surface area contributed by atoms with Gasteiger partial charge in [0.15, 0.2) is 6.10 Å². The van der Waals surface area contributed by atoms with Crippen LogP contribution in [0.3, 0.4) is 0 Å². The van der Waals surface area contributed by atoms with E-state index in [-0.39, 0.29) is 5.02 Å². The molecule has 0 saturated carbocycles. The largest absolute Gasteiger partial charge is 0.523 e. The number of benzene rings is 1. The van der Waals surface area contributed by atoms with Crippen molar-refractivity contribution in [2.75, 3.05) is 0 Å². The van der Waals surface area contributed by atoms with Crippen LogP contribution >= 0.6 is 11.6 Å². The molecular formula is C9H5ClF6O3S. The normalized spacial score (nSPS) is 15.2. The smallest absolute Gasteiger partial charge is 0.245 e. The SMILES string of the molecule is O=S(=O)(O[C@H](c1ccc(Cl)cc1)C(F)(F)F)C(F)(F)F. The number of halogens is 7. The monoisotopic (exact) mass is 342 g/mol. The van der Waals surface area contributed by atoms with E-state index in [0.717, 1.165) is 12.1 Å². The van der Waals surface area contributed by atoms with Crippen molar-refractivity contribution in [1.29, 1.82) is 0 Å². The molecule has 0 amide bonds. The van der Waals surface area contributed by atoms with E-state index >= 15 is 0 Å². The van der Waals surface area contributed by atoms with Crippen LogP contribution in [0.4, 0.5) is 26.3 Å². The standard InChI is InChI=1S/C9H5ClF6O3S/c10-6-3-1-5(2-4-6)7(8(11,12)13)19-20(17,18)9(14,15)16/h1-4,7H/t7-/m1/s1. The van der Waals surface area contributed by atoms with Gasteiger partial charge < -0.3 is 0 Å². The van der Waals surface area contributed by atoms with Gasteiger partial charge in [-0.1, -0.05) is 23.7 Å². The van der Waals surface area contributed by atoms with Crippen molar-refractivity contribution in [2.45, 2.75) is 17.8 Å². The molecule has 20 heavy (non-hydrogen) atoms. The lowest BCUT2D eigenvalue weighted by atomic mass is 10.1. The van der Waals surface area contributed by atoms with Crippen LogP contribution in [0.15, 0.2) is 24.3 Å². The average molecular weight is 343 g/mol. The maximum atomic E-state index is 12.6. The highest BCUT2D eigenvalue weighted by Crippen LogP contribution is 2.40. The van der Waals surface area contributed by atoms with Crippen LogP contribution in [0.2, 0.25) is 5.02 Å². The zero-order valence-corrected chi connectivity index (χ0v) is 10.7. The summed E-state index contributed by atoms with van der Waals surface area (Å²) in [5.41, 5.74) is -6.78. The van der Waals surface area contributed by atoms with Crippen LogP contribution in [-0.2, 0) is 14.3 Å². The van der Waals surface area contributed by atoms with Gasteiger partial charge in [-0.2, -0.15) is 34.8 Å². The molecule has 1 aromatic rings. The molecule has 0 heterocycles. The molecule has 114 valence electrons. The Morgan fingerprint density at radius 3 is 1.80 bits per heavy atom. The van der Waals surface area contributed by atoms with Crippen molar-refractivity contribution in [3.63, 3.8) is 0 Å². The molecule has 11 heteroatoms. The summed E-state index contributed by atoms with van der Waals surface area (Å²) in [7, 11) is -6.39. The van der Waals surface area contributed by atoms with Gasteiger partial charge >= 0.3 is 21.8 Å². The molecule has 0 aliphatic rings. The van der Waals surface area contributed by atoms with Crippen molar-refractivity contribution < 1.29 is 38.9 Å². The van der Waals surface area contributed by atoms with E-state index < -0.39 is 33.5 Å². The molecule has 0 aliphatic carbocycles. The van der Waals surface area contributed by atoms with Crippen LogP contribution in [0.1, 0.15) is 11.7 Å². The van der Waals surface area contributed by atoms with Gasteiger partial charge in [-0.25, -0.2) is 4.18 Å². The Morgan fingerprint density at radius 1 is 1.00 bits per heavy atom. The van der Waals surface area contributed by atoms with Crippen LogP contribution in [0.25, 0.3) is 0 Å². The molecule has 0 aromatic heterocycles. The summed E-state index contributed by atoms with van der Waals surface area (Å²) in [5, 5.41) is 0.0216. The lowest BCUT2D eigenvalue weighted by molar-refractivity contribution is -0.200. The summed E-state index contributed by atoms with van der Waals surface area (Å²) in [5.74, 6) is 0. The Hall–Kier alpha value is -1.00. The van der Waals surface area contributed by atoms with Crippen LogP contribution in [0, 0.1) is 0 Å². The predicted octanol–water partition coefficient (Wildman–Crippen LogP) is 3.81. The Labute approximate surface area is 114 Å². The molecule has 1 aromatic carbocycles. The molecular weight excluding hydrogens is 338 g/mol. The molecule has 0 N–H and O–H groups in total. The van der Waals surface area contributed by atoms with Gasteiger partial charge in [0.05, 0.1) is 0 Å². The number of alkyl halides is 6. The third kappa shape index (κ3) is 4.00. The first-order valence-electron chi connectivity index (χ1n) is 4.66. The molecule has 0 aliphatic heterocycles. The van der Waals surface area contributed by atoms with Gasteiger partial charge in [0.25, 0.3) is 0 Å². The third-order valence-corrected chi connectivity index (χ3v) is 3.24. The maximum Gasteiger partial charge on any atom is 0.523 e. The topological polar surface area (TPSA) is 43.4 Å². The summed E-state index contributed by atoms with van der Waals surface area (Å²) in [6.07, 6.45) is -8.63. The first-order chi connectivity index (χ1) is 8.84. The molecule has 0 radical (unpaired) electrons. The fourth-order valence-corrected chi connectivity index (χ4v) is 1.83. The Balaban J connectivity index is 3.20. The van der Waals surface area contributed by atoms with E-state index in [4.69, 9.17) is 11.6 Å². The Bertz CT molecular complexity index is 563. The first-order valence-corrected chi connectivity index (χ1v) is 6.45. The van der Waals surface area contributed by atoms with E-state index in [2.05, 4.69) is 4.18 Å². The van der Waals surface area contributed by atoms with E-state index in [1.165, 1.54) is 0 Å². The summed E-state index contributed by atoms with van der Waals surface area (Å²) in [6.45, 7) is 0. The quantitative estimate of drug-likeness (QED) is 0.476. The highest BCUT2D eigenvalue weighted by Gasteiger charge is 2.53. The highest BCUT2D eigenvalue weighted by atomic mass is 35.5. The van der Waals surface area contributed by atoms with E-state index in [1.54, 1.807) is 0 Å². The number of rotatable bonds is 3. The van der Waals surface area contributed by atoms with Gasteiger partial charge in [0.2, 0.25) is 0 Å². The summed E-state index contributed by atoms with van der Waals surface area (Å²) in [6, 6.07) is 3.34. The molecule has 0 spiro atoms. The summed E-state index contributed by atoms with van der Waals surface area (Å²) in [4.78, 5) is 0. The molecule has 1 atom stereocenters. The fourth-order valence-electron chi connectivity index (χ4n) is 1.12. The number of hydrogen-bond donors (Lipinski definition) is 0. The number of hydrogen-bond acceptors (Lipinski definition) is 3. The highest BCUT2D eigenvalue weighted by molar-refractivity contribution is 7.87. The average Bonchev–Trinajstić information content (AvgIpc) is 2.24. The Morgan fingerprint density at radius 2 is 1.45 bits per heavy atom. The van der Waals surface area contributed by atoms with Crippen molar-refractivity contribution in [1.82, 2.24) is 0 Å². The lowest BCUT2D eigenvalue weighted by Gasteiger charge is -2.21. The third-order valence-electron chi connectivity index (χ3n) is 1.98. The molecule has 0 unspecified atom stereocenters. The van der Waals surface area contributed by atoms with Crippen molar-refractivity contribution in [2.24, 2.45) is 0 Å². The van der Waals surface area contributed by atoms with Gasteiger partial charge in [-0.05, 0) is 17.7 Å². The second-order valence-electron chi connectivity index (χ2n) is 3.47. The van der Waals surface area contributed by atoms with Crippen molar-refractivity contribution in [3.05, 3.63) is 34.9 Å². The minimum Gasteiger partial charge on any atom is -0.245 e. The minimum atomic E-state index is -6.39. The predicted molar refractivity (Wildman–Crippen MR) is 56.3 cm³/mol. The maximum absolute atomic E-state index is 12.6. The van der Waals surface area contributed by atoms with E-state index in [9.17, 15) is 34.8 Å². The van der Waals surface area contributed by atoms with Crippen molar-refractivity contribution >= 4 is 21.7 Å². The van der Waals surface area contributed by atoms with Crippen LogP contribution in [0.5, 0.6) is 0 Å². The Kier molecular flexibility index (Phi) is 4.62. The minimum absolute atomic E-state index is 0.0216. The lowest BCUT2D eigenvalue weighted by Crippen LogP contribution is -2.32. The molecule has 0 fully saturated rings. The molecule has 0 saturated heterocycles. The van der Waals surface area contributed by atoms with E-state index in [0.29, 0.717) is 12.1 Å². The zero-order chi connectivity index (χ0) is 15.8. The second kappa shape index (κ2) is 5.41. The fraction of sp³-hybridized carbons (Fsp3) is 0.333. The second-order valence-corrected chi connectivity index (χ2v) is 5.47. The zero-order valence-electron chi connectivity index (χ0n) is 9.17. The van der Waals surface area contributed by atoms with Gasteiger partial charge in [0, 0.05) is 5.02 Å². The molecule has 3 nitrogen and oxygen atoms in total. The molecule has 0 bridgehead atoms. The molecule has 1 rings (SSSR count). The van der Waals surface area contributed by atoms with Gasteiger partial charge in [0.1, 0.15) is 0 Å². The summed E-state index contributed by atoms with van der Waals surface area (Å²) >= 11 is 5.42. The first kappa shape index (κ1) is 17.1.